The normalized spacial score (nSPS) is 20.0. The van der Waals surface area contributed by atoms with Crippen molar-refractivity contribution in [1.82, 2.24) is 5.32 Å². The molecule has 1 aliphatic rings. The number of carboxylic acid groups (broad SMARTS) is 2. The SMILES string of the molecule is O=C(O)CNC(=O)[C@@H]1CSSCC(C(=O)O)=N1. The lowest BCUT2D eigenvalue weighted by molar-refractivity contribution is -0.138. The first-order chi connectivity index (χ1) is 8.00. The fraction of sp³-hybridized carbons (Fsp3) is 0.500. The summed E-state index contributed by atoms with van der Waals surface area (Å²) in [7, 11) is 2.64. The third-order valence-corrected chi connectivity index (χ3v) is 4.05. The largest absolute Gasteiger partial charge is 0.480 e. The minimum Gasteiger partial charge on any atom is -0.480 e. The van der Waals surface area contributed by atoms with Crippen LogP contribution in [0.5, 0.6) is 0 Å². The Morgan fingerprint density at radius 1 is 1.35 bits per heavy atom. The molecule has 17 heavy (non-hydrogen) atoms. The molecule has 94 valence electrons. The Balaban J connectivity index is 2.67. The highest BCUT2D eigenvalue weighted by Crippen LogP contribution is 2.26. The summed E-state index contributed by atoms with van der Waals surface area (Å²) < 4.78 is 0. The summed E-state index contributed by atoms with van der Waals surface area (Å²) >= 11 is 0. The fourth-order valence-corrected chi connectivity index (χ4v) is 3.11. The lowest BCUT2D eigenvalue weighted by atomic mass is 10.3. The number of carbonyl (C=O) groups is 3. The van der Waals surface area contributed by atoms with Crippen molar-refractivity contribution in [2.45, 2.75) is 6.04 Å². The van der Waals surface area contributed by atoms with Crippen molar-refractivity contribution in [3.8, 4) is 0 Å². The van der Waals surface area contributed by atoms with Crippen molar-refractivity contribution in [2.75, 3.05) is 18.1 Å². The Bertz CT molecular complexity index is 371. The van der Waals surface area contributed by atoms with Gasteiger partial charge < -0.3 is 15.5 Å². The summed E-state index contributed by atoms with van der Waals surface area (Å²) in [6.45, 7) is -0.495. The summed E-state index contributed by atoms with van der Waals surface area (Å²) in [5.74, 6) is -2.33. The van der Waals surface area contributed by atoms with Crippen LogP contribution in [0, 0.1) is 0 Å². The van der Waals surface area contributed by atoms with E-state index < -0.39 is 30.4 Å². The van der Waals surface area contributed by atoms with Gasteiger partial charge >= 0.3 is 11.9 Å². The monoisotopic (exact) mass is 278 g/mol. The summed E-state index contributed by atoms with van der Waals surface area (Å²) in [5, 5.41) is 19.4. The smallest absolute Gasteiger partial charge is 0.350 e. The summed E-state index contributed by atoms with van der Waals surface area (Å²) in [6, 6.07) is -0.847. The van der Waals surface area contributed by atoms with Crippen LogP contribution in [0.25, 0.3) is 0 Å². The van der Waals surface area contributed by atoms with Gasteiger partial charge in [0.05, 0.1) is 5.75 Å². The van der Waals surface area contributed by atoms with Crippen LogP contribution in [0.15, 0.2) is 4.99 Å². The van der Waals surface area contributed by atoms with Crippen molar-refractivity contribution < 1.29 is 24.6 Å². The molecule has 7 nitrogen and oxygen atoms in total. The highest BCUT2D eigenvalue weighted by molar-refractivity contribution is 8.77. The molecule has 1 rings (SSSR count). The summed E-state index contributed by atoms with van der Waals surface area (Å²) in [4.78, 5) is 36.4. The molecule has 3 N–H and O–H groups in total. The van der Waals surface area contributed by atoms with Gasteiger partial charge in [0.15, 0.2) is 0 Å². The maximum absolute atomic E-state index is 11.5. The molecular formula is C8H10N2O5S2. The van der Waals surface area contributed by atoms with E-state index in [1.165, 1.54) is 21.6 Å². The van der Waals surface area contributed by atoms with Crippen LogP contribution < -0.4 is 5.32 Å². The van der Waals surface area contributed by atoms with Gasteiger partial charge in [-0.3, -0.25) is 14.6 Å². The minimum atomic E-state index is -1.16. The highest BCUT2D eigenvalue weighted by Gasteiger charge is 2.24. The van der Waals surface area contributed by atoms with Crippen molar-refractivity contribution in [3.63, 3.8) is 0 Å². The van der Waals surface area contributed by atoms with Crippen molar-refractivity contribution in [2.24, 2.45) is 4.99 Å². The third kappa shape index (κ3) is 4.65. The molecule has 0 bridgehead atoms. The van der Waals surface area contributed by atoms with Crippen LogP contribution in [-0.4, -0.2) is 57.9 Å². The van der Waals surface area contributed by atoms with Gasteiger partial charge in [0.2, 0.25) is 5.91 Å². The van der Waals surface area contributed by atoms with Crippen LogP contribution in [0.2, 0.25) is 0 Å². The number of hydrogen-bond donors (Lipinski definition) is 3. The van der Waals surface area contributed by atoms with Gasteiger partial charge in [-0.05, 0) is 0 Å². The molecule has 0 saturated carbocycles. The predicted octanol–water partition coefficient (Wildman–Crippen LogP) is -0.524. The highest BCUT2D eigenvalue weighted by atomic mass is 33.1. The van der Waals surface area contributed by atoms with Gasteiger partial charge in [0.1, 0.15) is 18.3 Å². The Morgan fingerprint density at radius 2 is 2.06 bits per heavy atom. The topological polar surface area (TPSA) is 116 Å². The van der Waals surface area contributed by atoms with Crippen LogP contribution in [0.1, 0.15) is 0 Å². The van der Waals surface area contributed by atoms with E-state index >= 15 is 0 Å². The fourth-order valence-electron chi connectivity index (χ4n) is 1.00. The lowest BCUT2D eigenvalue weighted by Crippen LogP contribution is -2.38. The second-order valence-electron chi connectivity index (χ2n) is 3.05. The molecule has 0 radical (unpaired) electrons. The number of carboxylic acids is 2. The molecule has 1 atom stereocenters. The molecule has 1 aliphatic heterocycles. The molecule has 9 heteroatoms. The molecule has 0 aromatic heterocycles. The van der Waals surface area contributed by atoms with E-state index in [2.05, 4.69) is 10.3 Å². The van der Waals surface area contributed by atoms with Gasteiger partial charge in [-0.25, -0.2) is 4.79 Å². The van der Waals surface area contributed by atoms with E-state index in [0.29, 0.717) is 5.75 Å². The number of hydrogen-bond acceptors (Lipinski definition) is 6. The number of nitrogens with zero attached hydrogens (tertiary/aromatic N) is 1. The molecule has 1 amide bonds. The molecule has 0 fully saturated rings. The molecule has 0 aromatic rings. The molecule has 0 saturated heterocycles. The van der Waals surface area contributed by atoms with E-state index in [9.17, 15) is 14.4 Å². The maximum Gasteiger partial charge on any atom is 0.350 e. The average molecular weight is 278 g/mol. The van der Waals surface area contributed by atoms with Crippen LogP contribution >= 0.6 is 21.6 Å². The minimum absolute atomic E-state index is 0.0736. The molecule has 1 heterocycles. The van der Waals surface area contributed by atoms with Gasteiger partial charge in [0.25, 0.3) is 0 Å². The molecule has 0 aliphatic carbocycles. The van der Waals surface area contributed by atoms with E-state index in [4.69, 9.17) is 10.2 Å². The molecule has 0 aromatic carbocycles. The zero-order chi connectivity index (χ0) is 12.8. The first-order valence-corrected chi connectivity index (χ1v) is 7.03. The van der Waals surface area contributed by atoms with Crippen molar-refractivity contribution in [1.29, 1.82) is 0 Å². The number of nitrogens with one attached hydrogen (secondary N) is 1. The second kappa shape index (κ2) is 6.50. The number of amides is 1. The maximum atomic E-state index is 11.5. The second-order valence-corrected chi connectivity index (χ2v) is 5.56. The Hall–Kier alpha value is -1.22. The van der Waals surface area contributed by atoms with E-state index in [-0.39, 0.29) is 11.5 Å². The van der Waals surface area contributed by atoms with Gasteiger partial charge in [-0.15, -0.1) is 0 Å². The van der Waals surface area contributed by atoms with Crippen LogP contribution in [-0.2, 0) is 14.4 Å². The Kier molecular flexibility index (Phi) is 5.29. The average Bonchev–Trinajstić information content (AvgIpc) is 2.51. The van der Waals surface area contributed by atoms with E-state index in [0.717, 1.165) is 0 Å². The van der Waals surface area contributed by atoms with E-state index in [1.807, 2.05) is 0 Å². The zero-order valence-electron chi connectivity index (χ0n) is 8.58. The number of aliphatic carboxylic acids is 2. The number of rotatable bonds is 4. The Morgan fingerprint density at radius 3 is 2.65 bits per heavy atom. The van der Waals surface area contributed by atoms with Crippen LogP contribution in [0.4, 0.5) is 0 Å². The molecule has 0 unspecified atom stereocenters. The standard InChI is InChI=1S/C8H10N2O5S2/c11-6(12)1-9-7(13)4-2-16-17-3-5(10-4)8(14)15/h4H,1-3H2,(H,9,13)(H,11,12)(H,14,15)/t4-/m0/s1. The zero-order valence-corrected chi connectivity index (χ0v) is 10.2. The summed E-state index contributed by atoms with van der Waals surface area (Å²) in [5.41, 5.74) is -0.0736. The van der Waals surface area contributed by atoms with Crippen molar-refractivity contribution in [3.05, 3.63) is 0 Å². The van der Waals surface area contributed by atoms with E-state index in [1.54, 1.807) is 0 Å². The number of carbonyl (C=O) groups excluding carboxylic acids is 1. The Labute approximate surface area is 104 Å². The quantitative estimate of drug-likeness (QED) is 0.592. The summed E-state index contributed by atoms with van der Waals surface area (Å²) in [6.07, 6.45) is 0. The van der Waals surface area contributed by atoms with Gasteiger partial charge in [-0.2, -0.15) is 0 Å². The van der Waals surface area contributed by atoms with Gasteiger partial charge in [0, 0.05) is 5.75 Å². The molecule has 0 spiro atoms. The third-order valence-electron chi connectivity index (χ3n) is 1.78. The van der Waals surface area contributed by atoms with Crippen LogP contribution in [0.3, 0.4) is 0 Å². The molecular weight excluding hydrogens is 268 g/mol. The predicted molar refractivity (Wildman–Crippen MR) is 64.4 cm³/mol. The lowest BCUT2D eigenvalue weighted by Gasteiger charge is -2.09. The van der Waals surface area contributed by atoms with Crippen molar-refractivity contribution >= 4 is 45.1 Å². The first kappa shape index (κ1) is 13.8. The van der Waals surface area contributed by atoms with Gasteiger partial charge in [-0.1, -0.05) is 21.6 Å². The number of aliphatic imine (C=N–C) groups is 1. The first-order valence-electron chi connectivity index (χ1n) is 4.54.